The summed E-state index contributed by atoms with van der Waals surface area (Å²) in [5.74, 6) is 1.44. The molecule has 3 N–H and O–H groups in total. The Morgan fingerprint density at radius 2 is 1.72 bits per heavy atom. The Morgan fingerprint density at radius 3 is 2.46 bits per heavy atom. The predicted molar refractivity (Wildman–Crippen MR) is 144 cm³/mol. The van der Waals surface area contributed by atoms with Gasteiger partial charge in [0.1, 0.15) is 0 Å². The molecular formula is C26H33N7O6. The Balaban J connectivity index is 1.11. The summed E-state index contributed by atoms with van der Waals surface area (Å²) in [7, 11) is 3.16. The van der Waals surface area contributed by atoms with E-state index in [1.165, 1.54) is 4.57 Å². The summed E-state index contributed by atoms with van der Waals surface area (Å²) in [6, 6.07) is 3.66. The fourth-order valence-electron chi connectivity index (χ4n) is 5.26. The lowest BCUT2D eigenvalue weighted by atomic mass is 9.97. The monoisotopic (exact) mass is 539 g/mol. The second-order valence-corrected chi connectivity index (χ2v) is 9.72. The minimum Gasteiger partial charge on any atom is -0.493 e. The van der Waals surface area contributed by atoms with Gasteiger partial charge < -0.3 is 29.6 Å². The Bertz CT molecular complexity index is 1460. The molecule has 1 aromatic carbocycles. The van der Waals surface area contributed by atoms with Crippen LogP contribution in [-0.2, 0) is 29.0 Å². The molecule has 0 bridgehead atoms. The third-order valence-corrected chi connectivity index (χ3v) is 7.41. The number of fused-ring (bicyclic) bond motifs is 2. The smallest absolute Gasteiger partial charge is 0.328 e. The number of anilines is 1. The third kappa shape index (κ3) is 5.47. The van der Waals surface area contributed by atoms with E-state index in [0.29, 0.717) is 62.0 Å². The van der Waals surface area contributed by atoms with Gasteiger partial charge in [0.05, 0.1) is 31.8 Å². The minimum atomic E-state index is -0.495. The van der Waals surface area contributed by atoms with Crippen molar-refractivity contribution in [2.24, 2.45) is 0 Å². The van der Waals surface area contributed by atoms with Gasteiger partial charge in [0, 0.05) is 62.5 Å². The Labute approximate surface area is 224 Å². The van der Waals surface area contributed by atoms with Gasteiger partial charge in [-0.15, -0.1) is 0 Å². The summed E-state index contributed by atoms with van der Waals surface area (Å²) in [4.78, 5) is 63.7. The van der Waals surface area contributed by atoms with E-state index in [1.807, 2.05) is 12.1 Å². The normalized spacial score (nSPS) is 15.2. The summed E-state index contributed by atoms with van der Waals surface area (Å²) in [5, 5.41) is 2.67. The Hall–Kier alpha value is -4.29. The van der Waals surface area contributed by atoms with E-state index in [2.05, 4.69) is 25.2 Å². The van der Waals surface area contributed by atoms with Gasteiger partial charge in [0.25, 0.3) is 5.56 Å². The fourth-order valence-corrected chi connectivity index (χ4v) is 5.26. The summed E-state index contributed by atoms with van der Waals surface area (Å²) in [6.45, 7) is 2.23. The van der Waals surface area contributed by atoms with Crippen LogP contribution < -0.4 is 30.9 Å². The lowest BCUT2D eigenvalue weighted by molar-refractivity contribution is -0.133. The van der Waals surface area contributed by atoms with Gasteiger partial charge in [-0.3, -0.25) is 23.9 Å². The zero-order chi connectivity index (χ0) is 27.5. The minimum absolute atomic E-state index is 0.0427. The van der Waals surface area contributed by atoms with Crippen LogP contribution in [-0.4, -0.2) is 83.2 Å². The molecule has 0 spiro atoms. The largest absolute Gasteiger partial charge is 0.493 e. The Kier molecular flexibility index (Phi) is 7.57. The molecule has 1 aliphatic heterocycles. The van der Waals surface area contributed by atoms with Crippen molar-refractivity contribution in [2.75, 3.05) is 51.8 Å². The molecule has 13 heteroatoms. The zero-order valence-electron chi connectivity index (χ0n) is 22.2. The molecule has 1 fully saturated rings. The van der Waals surface area contributed by atoms with Crippen LogP contribution in [0.3, 0.4) is 0 Å². The van der Waals surface area contributed by atoms with Crippen LogP contribution in [0.4, 0.5) is 5.95 Å². The van der Waals surface area contributed by atoms with Crippen LogP contribution in [0.1, 0.15) is 30.5 Å². The van der Waals surface area contributed by atoms with Crippen LogP contribution in [0.25, 0.3) is 11.0 Å². The van der Waals surface area contributed by atoms with Gasteiger partial charge in [0.2, 0.25) is 17.8 Å². The number of aromatic amines is 2. The van der Waals surface area contributed by atoms with Crippen molar-refractivity contribution in [1.29, 1.82) is 0 Å². The zero-order valence-corrected chi connectivity index (χ0v) is 22.2. The lowest BCUT2D eigenvalue weighted by Gasteiger charge is -2.34. The van der Waals surface area contributed by atoms with E-state index < -0.39 is 5.69 Å². The van der Waals surface area contributed by atoms with E-state index in [0.717, 1.165) is 29.6 Å². The molecule has 2 aliphatic rings. The number of methoxy groups -OCH3 is 2. The molecule has 3 aromatic rings. The number of hydrogen-bond donors (Lipinski definition) is 3. The highest BCUT2D eigenvalue weighted by atomic mass is 16.5. The average molecular weight is 540 g/mol. The molecule has 0 atom stereocenters. The van der Waals surface area contributed by atoms with Crippen LogP contribution >= 0.6 is 0 Å². The van der Waals surface area contributed by atoms with Gasteiger partial charge in [-0.2, -0.15) is 0 Å². The Morgan fingerprint density at radius 1 is 1.00 bits per heavy atom. The molecule has 0 saturated carbocycles. The highest BCUT2D eigenvalue weighted by Crippen LogP contribution is 2.32. The predicted octanol–water partition coefficient (Wildman–Crippen LogP) is 0.164. The van der Waals surface area contributed by atoms with Crippen molar-refractivity contribution >= 4 is 28.8 Å². The number of rotatable bonds is 8. The quantitative estimate of drug-likeness (QED) is 0.366. The molecule has 1 saturated heterocycles. The highest BCUT2D eigenvalue weighted by molar-refractivity contribution is 5.85. The molecule has 0 unspecified atom stereocenters. The van der Waals surface area contributed by atoms with Crippen molar-refractivity contribution < 1.29 is 19.1 Å². The molecule has 208 valence electrons. The van der Waals surface area contributed by atoms with E-state index in [4.69, 9.17) is 9.47 Å². The van der Waals surface area contributed by atoms with Crippen LogP contribution in [0.15, 0.2) is 21.7 Å². The van der Waals surface area contributed by atoms with E-state index in [1.54, 1.807) is 19.1 Å². The van der Waals surface area contributed by atoms with Gasteiger partial charge in [0.15, 0.2) is 11.5 Å². The maximum absolute atomic E-state index is 12.7. The molecule has 3 heterocycles. The van der Waals surface area contributed by atoms with Gasteiger partial charge in [-0.1, -0.05) is 0 Å². The van der Waals surface area contributed by atoms with E-state index >= 15 is 0 Å². The SMILES string of the molecule is COc1cc2nc(N3CCN(C(=O)CNC(=O)CCn4c5c(c(=O)[nH]c4=O)CCCC5)CC3)[nH]c2cc1OC. The summed E-state index contributed by atoms with van der Waals surface area (Å²) in [5.41, 5.74) is 2.12. The van der Waals surface area contributed by atoms with Crippen molar-refractivity contribution in [1.82, 2.24) is 29.7 Å². The number of nitrogens with one attached hydrogen (secondary N) is 3. The fraction of sp³-hybridized carbons (Fsp3) is 0.500. The molecule has 5 rings (SSSR count). The van der Waals surface area contributed by atoms with Crippen molar-refractivity contribution in [3.8, 4) is 11.5 Å². The molecule has 1 aliphatic carbocycles. The molecule has 0 radical (unpaired) electrons. The summed E-state index contributed by atoms with van der Waals surface area (Å²) >= 11 is 0. The first kappa shape index (κ1) is 26.3. The number of piperazine rings is 1. The number of ether oxygens (including phenoxy) is 2. The van der Waals surface area contributed by atoms with Gasteiger partial charge in [-0.25, -0.2) is 9.78 Å². The topological polar surface area (TPSA) is 155 Å². The van der Waals surface area contributed by atoms with E-state index in [-0.39, 0.29) is 36.9 Å². The third-order valence-electron chi connectivity index (χ3n) is 7.41. The first-order valence-corrected chi connectivity index (χ1v) is 13.1. The molecular weight excluding hydrogens is 506 g/mol. The van der Waals surface area contributed by atoms with Crippen molar-refractivity contribution in [3.05, 3.63) is 44.2 Å². The van der Waals surface area contributed by atoms with Gasteiger partial charge in [-0.05, 0) is 25.7 Å². The lowest BCUT2D eigenvalue weighted by Crippen LogP contribution is -2.51. The second-order valence-electron chi connectivity index (χ2n) is 9.72. The number of carbonyl (C=O) groups is 2. The first-order chi connectivity index (χ1) is 18.9. The van der Waals surface area contributed by atoms with Gasteiger partial charge >= 0.3 is 5.69 Å². The number of imidazole rings is 1. The summed E-state index contributed by atoms with van der Waals surface area (Å²) < 4.78 is 12.2. The molecule has 2 amide bonds. The average Bonchev–Trinajstić information content (AvgIpc) is 3.38. The van der Waals surface area contributed by atoms with E-state index in [9.17, 15) is 19.2 Å². The second kappa shape index (κ2) is 11.2. The van der Waals surface area contributed by atoms with Crippen LogP contribution in [0.2, 0.25) is 0 Å². The first-order valence-electron chi connectivity index (χ1n) is 13.1. The molecule has 13 nitrogen and oxygen atoms in total. The number of H-pyrrole nitrogens is 2. The molecule has 2 aromatic heterocycles. The van der Waals surface area contributed by atoms with Crippen molar-refractivity contribution in [2.45, 2.75) is 38.6 Å². The number of carbonyl (C=O) groups excluding carboxylic acids is 2. The number of amides is 2. The maximum atomic E-state index is 12.7. The standard InChI is InChI=1S/C26H33N7O6/c1-38-20-13-17-18(14-21(20)39-2)29-25(28-17)32-11-9-31(10-12-32)23(35)15-27-22(34)7-8-33-19-6-4-3-5-16(19)24(36)30-26(33)37/h13-14H,3-12,15H2,1-2H3,(H,27,34)(H,28,29)(H,30,36,37). The maximum Gasteiger partial charge on any atom is 0.328 e. The number of nitrogens with zero attached hydrogens (tertiary/aromatic N) is 4. The molecule has 39 heavy (non-hydrogen) atoms. The highest BCUT2D eigenvalue weighted by Gasteiger charge is 2.24. The number of hydrogen-bond acceptors (Lipinski definition) is 8. The van der Waals surface area contributed by atoms with Crippen LogP contribution in [0.5, 0.6) is 11.5 Å². The number of benzene rings is 1. The number of aromatic nitrogens is 4. The van der Waals surface area contributed by atoms with Crippen LogP contribution in [0, 0.1) is 0 Å². The van der Waals surface area contributed by atoms with Crippen molar-refractivity contribution in [3.63, 3.8) is 0 Å². The summed E-state index contributed by atoms with van der Waals surface area (Å²) in [6.07, 6.45) is 3.15.